The third-order valence-corrected chi connectivity index (χ3v) is 2.49. The number of urea groups is 1. The molecule has 0 aliphatic heterocycles. The predicted octanol–water partition coefficient (Wildman–Crippen LogP) is 1.83. The van der Waals surface area contributed by atoms with E-state index < -0.39 is 0 Å². The van der Waals surface area contributed by atoms with Gasteiger partial charge in [0.05, 0.1) is 18.8 Å². The van der Waals surface area contributed by atoms with E-state index in [1.807, 2.05) is 25.1 Å². The van der Waals surface area contributed by atoms with Crippen LogP contribution in [0.25, 0.3) is 0 Å². The maximum atomic E-state index is 11.8. The average molecular weight is 260 g/mol. The molecule has 100 valence electrons. The molecule has 0 aliphatic rings. The first-order chi connectivity index (χ1) is 9.19. The third-order valence-electron chi connectivity index (χ3n) is 2.49. The molecule has 0 unspecified atom stereocenters. The van der Waals surface area contributed by atoms with Crippen LogP contribution in [-0.2, 0) is 6.54 Å². The van der Waals surface area contributed by atoms with Gasteiger partial charge in [-0.2, -0.15) is 5.10 Å². The van der Waals surface area contributed by atoms with Crippen molar-refractivity contribution in [2.24, 2.45) is 0 Å². The highest BCUT2D eigenvalue weighted by molar-refractivity contribution is 5.99. The number of aromatic nitrogens is 2. The van der Waals surface area contributed by atoms with E-state index in [0.29, 0.717) is 18.1 Å². The Balaban J connectivity index is 2.02. The fourth-order valence-corrected chi connectivity index (χ4v) is 1.71. The smallest absolute Gasteiger partial charge is 0.324 e. The van der Waals surface area contributed by atoms with Crippen molar-refractivity contribution in [3.05, 3.63) is 42.1 Å². The molecule has 2 rings (SSSR count). The summed E-state index contributed by atoms with van der Waals surface area (Å²) in [4.78, 5) is 11.8. The van der Waals surface area contributed by atoms with Gasteiger partial charge in [0.2, 0.25) is 0 Å². The van der Waals surface area contributed by atoms with Crippen LogP contribution in [0.1, 0.15) is 5.69 Å². The van der Waals surface area contributed by atoms with Crippen LogP contribution in [0.2, 0.25) is 0 Å². The van der Waals surface area contributed by atoms with Gasteiger partial charge in [-0.05, 0) is 19.1 Å². The summed E-state index contributed by atoms with van der Waals surface area (Å²) in [7, 11) is 0. The molecule has 0 aliphatic carbocycles. The minimum absolute atomic E-state index is 0.0316. The first-order valence-electron chi connectivity index (χ1n) is 5.97. The van der Waals surface area contributed by atoms with E-state index in [9.17, 15) is 4.79 Å². The molecular formula is C13H16N4O2. The standard InChI is InChI=1S/C13H16N4O2/c1-10-9-12(17(16-10)7-8-18)15-13(19)14-11-5-3-2-4-6-11/h2-6,9,18H,7-8H2,1H3,(H2,14,15,19). The second kappa shape index (κ2) is 6.01. The van der Waals surface area contributed by atoms with Crippen LogP contribution in [0.4, 0.5) is 16.3 Å². The van der Waals surface area contributed by atoms with Crippen LogP contribution in [0, 0.1) is 6.92 Å². The molecule has 1 heterocycles. The van der Waals surface area contributed by atoms with Crippen LogP contribution < -0.4 is 10.6 Å². The van der Waals surface area contributed by atoms with Crippen molar-refractivity contribution in [2.75, 3.05) is 17.2 Å². The van der Waals surface area contributed by atoms with Crippen LogP contribution in [0.5, 0.6) is 0 Å². The van der Waals surface area contributed by atoms with E-state index >= 15 is 0 Å². The van der Waals surface area contributed by atoms with Gasteiger partial charge in [-0.25, -0.2) is 9.48 Å². The lowest BCUT2D eigenvalue weighted by atomic mass is 10.3. The zero-order chi connectivity index (χ0) is 13.7. The largest absolute Gasteiger partial charge is 0.394 e. The molecule has 19 heavy (non-hydrogen) atoms. The van der Waals surface area contributed by atoms with Crippen LogP contribution in [-0.4, -0.2) is 27.5 Å². The molecule has 0 atom stereocenters. The number of anilines is 2. The molecule has 0 spiro atoms. The zero-order valence-electron chi connectivity index (χ0n) is 10.6. The van der Waals surface area contributed by atoms with Crippen molar-refractivity contribution >= 4 is 17.5 Å². The molecule has 6 heteroatoms. The first-order valence-corrected chi connectivity index (χ1v) is 5.97. The van der Waals surface area contributed by atoms with E-state index in [1.165, 1.54) is 0 Å². The van der Waals surface area contributed by atoms with Crippen molar-refractivity contribution in [2.45, 2.75) is 13.5 Å². The van der Waals surface area contributed by atoms with Gasteiger partial charge in [0.15, 0.2) is 0 Å². The normalized spacial score (nSPS) is 10.2. The summed E-state index contributed by atoms with van der Waals surface area (Å²) in [5, 5.41) is 18.5. The molecule has 2 aromatic rings. The summed E-state index contributed by atoms with van der Waals surface area (Å²) in [5.41, 5.74) is 1.49. The van der Waals surface area contributed by atoms with E-state index in [0.717, 1.165) is 5.69 Å². The van der Waals surface area contributed by atoms with Gasteiger partial charge in [0.25, 0.3) is 0 Å². The maximum absolute atomic E-state index is 11.8. The number of aryl methyl sites for hydroxylation is 1. The summed E-state index contributed by atoms with van der Waals surface area (Å²) >= 11 is 0. The molecule has 3 N–H and O–H groups in total. The molecule has 0 saturated carbocycles. The Labute approximate surface area is 111 Å². The van der Waals surface area contributed by atoms with Gasteiger partial charge in [-0.15, -0.1) is 0 Å². The highest BCUT2D eigenvalue weighted by Crippen LogP contribution is 2.11. The number of amides is 2. The minimum atomic E-state index is -0.342. The summed E-state index contributed by atoms with van der Waals surface area (Å²) in [5.74, 6) is 0.556. The Morgan fingerprint density at radius 1 is 1.32 bits per heavy atom. The van der Waals surface area contributed by atoms with Crippen molar-refractivity contribution < 1.29 is 9.90 Å². The monoisotopic (exact) mass is 260 g/mol. The highest BCUT2D eigenvalue weighted by atomic mass is 16.3. The number of carbonyl (C=O) groups excluding carboxylic acids is 1. The molecule has 0 bridgehead atoms. The van der Waals surface area contributed by atoms with Crippen molar-refractivity contribution in [3.8, 4) is 0 Å². The molecule has 1 aromatic heterocycles. The van der Waals surface area contributed by atoms with Crippen molar-refractivity contribution in [1.29, 1.82) is 0 Å². The van der Waals surface area contributed by atoms with Gasteiger partial charge in [0, 0.05) is 11.8 Å². The van der Waals surface area contributed by atoms with Crippen LogP contribution in [0.3, 0.4) is 0 Å². The lowest BCUT2D eigenvalue weighted by Crippen LogP contribution is -2.22. The fourth-order valence-electron chi connectivity index (χ4n) is 1.71. The lowest BCUT2D eigenvalue weighted by Gasteiger charge is -2.09. The highest BCUT2D eigenvalue weighted by Gasteiger charge is 2.08. The van der Waals surface area contributed by atoms with Gasteiger partial charge < -0.3 is 10.4 Å². The van der Waals surface area contributed by atoms with Crippen molar-refractivity contribution in [1.82, 2.24) is 9.78 Å². The lowest BCUT2D eigenvalue weighted by molar-refractivity contribution is 0.260. The number of nitrogens with one attached hydrogen (secondary N) is 2. The summed E-state index contributed by atoms with van der Waals surface area (Å²) in [6.07, 6.45) is 0. The van der Waals surface area contributed by atoms with Gasteiger partial charge in [-0.1, -0.05) is 18.2 Å². The van der Waals surface area contributed by atoms with E-state index in [-0.39, 0.29) is 12.6 Å². The topological polar surface area (TPSA) is 79.2 Å². The Morgan fingerprint density at radius 3 is 2.74 bits per heavy atom. The molecule has 6 nitrogen and oxygen atoms in total. The SMILES string of the molecule is Cc1cc(NC(=O)Nc2ccccc2)n(CCO)n1. The Hall–Kier alpha value is -2.34. The Bertz CT molecular complexity index is 551. The number of nitrogens with zero attached hydrogens (tertiary/aromatic N) is 2. The Kier molecular flexibility index (Phi) is 4.15. The van der Waals surface area contributed by atoms with E-state index in [1.54, 1.807) is 22.9 Å². The number of hydrogen-bond donors (Lipinski definition) is 3. The van der Waals surface area contributed by atoms with Gasteiger partial charge >= 0.3 is 6.03 Å². The number of para-hydroxylation sites is 1. The Morgan fingerprint density at radius 2 is 2.05 bits per heavy atom. The summed E-state index contributed by atoms with van der Waals surface area (Å²) < 4.78 is 1.56. The molecule has 0 saturated heterocycles. The minimum Gasteiger partial charge on any atom is -0.394 e. The predicted molar refractivity (Wildman–Crippen MR) is 73.1 cm³/mol. The maximum Gasteiger partial charge on any atom is 0.324 e. The fraction of sp³-hybridized carbons (Fsp3) is 0.231. The van der Waals surface area contributed by atoms with Crippen LogP contribution >= 0.6 is 0 Å². The van der Waals surface area contributed by atoms with E-state index in [2.05, 4.69) is 15.7 Å². The number of benzene rings is 1. The number of hydrogen-bond acceptors (Lipinski definition) is 3. The number of aliphatic hydroxyl groups excluding tert-OH is 1. The van der Waals surface area contributed by atoms with Crippen molar-refractivity contribution in [3.63, 3.8) is 0 Å². The summed E-state index contributed by atoms with van der Waals surface area (Å²) in [6.45, 7) is 2.14. The summed E-state index contributed by atoms with van der Waals surface area (Å²) in [6, 6.07) is 10.6. The van der Waals surface area contributed by atoms with Gasteiger partial charge in [-0.3, -0.25) is 5.32 Å². The molecule has 2 amide bonds. The number of aliphatic hydroxyl groups is 1. The van der Waals surface area contributed by atoms with Crippen LogP contribution in [0.15, 0.2) is 36.4 Å². The quantitative estimate of drug-likeness (QED) is 0.784. The number of rotatable bonds is 4. The number of carbonyl (C=O) groups is 1. The molecule has 0 fully saturated rings. The molecule has 0 radical (unpaired) electrons. The molecule has 1 aromatic carbocycles. The zero-order valence-corrected chi connectivity index (χ0v) is 10.6. The second-order valence-electron chi connectivity index (χ2n) is 4.06. The first kappa shape index (κ1) is 13.1. The third kappa shape index (κ3) is 3.56. The van der Waals surface area contributed by atoms with E-state index in [4.69, 9.17) is 5.11 Å². The average Bonchev–Trinajstić information content (AvgIpc) is 2.71. The second-order valence-corrected chi connectivity index (χ2v) is 4.06. The molecular weight excluding hydrogens is 244 g/mol. The van der Waals surface area contributed by atoms with Gasteiger partial charge in [0.1, 0.15) is 5.82 Å².